The average molecular weight is 237 g/mol. The highest BCUT2D eigenvalue weighted by Crippen LogP contribution is 2.24. The fourth-order valence-electron chi connectivity index (χ4n) is 2.24. The first-order valence-corrected chi connectivity index (χ1v) is 5.93. The van der Waals surface area contributed by atoms with Crippen LogP contribution < -0.4 is 5.32 Å². The van der Waals surface area contributed by atoms with Crippen LogP contribution >= 0.6 is 11.6 Å². The second kappa shape index (κ2) is 4.03. The Labute approximate surface area is 98.6 Å². The van der Waals surface area contributed by atoms with Crippen molar-refractivity contribution in [1.29, 1.82) is 0 Å². The lowest BCUT2D eigenvalue weighted by Crippen LogP contribution is -2.27. The molecule has 84 valence electrons. The molecule has 1 N–H and O–H groups in total. The molecule has 5 heteroatoms. The third-order valence-corrected chi connectivity index (χ3v) is 3.34. The van der Waals surface area contributed by atoms with Gasteiger partial charge in [0.2, 0.25) is 0 Å². The van der Waals surface area contributed by atoms with Gasteiger partial charge in [0.05, 0.1) is 0 Å². The molecule has 3 rings (SSSR count). The third kappa shape index (κ3) is 1.68. The Morgan fingerprint density at radius 1 is 1.31 bits per heavy atom. The maximum absolute atomic E-state index is 5.92. The summed E-state index contributed by atoms with van der Waals surface area (Å²) < 4.78 is 2.04. The number of halogens is 1. The van der Waals surface area contributed by atoms with Crippen molar-refractivity contribution in [2.45, 2.75) is 18.8 Å². The van der Waals surface area contributed by atoms with Crippen molar-refractivity contribution in [2.75, 3.05) is 13.1 Å². The number of nitrogens with one attached hydrogen (secondary N) is 1. The first-order chi connectivity index (χ1) is 7.84. The molecular weight excluding hydrogens is 224 g/mol. The van der Waals surface area contributed by atoms with E-state index in [0.29, 0.717) is 10.9 Å². The molecule has 0 aromatic carbocycles. The molecule has 1 fully saturated rings. The Kier molecular flexibility index (Phi) is 2.53. The summed E-state index contributed by atoms with van der Waals surface area (Å²) in [5, 5.41) is 12.5. The summed E-state index contributed by atoms with van der Waals surface area (Å²) in [5.41, 5.74) is 0.834. The number of fused-ring (bicyclic) bond motifs is 1. The molecule has 16 heavy (non-hydrogen) atoms. The topological polar surface area (TPSA) is 42.2 Å². The molecule has 0 unspecified atom stereocenters. The van der Waals surface area contributed by atoms with E-state index in [9.17, 15) is 0 Å². The molecule has 0 bridgehead atoms. The number of hydrogen-bond acceptors (Lipinski definition) is 3. The third-order valence-electron chi connectivity index (χ3n) is 3.10. The summed E-state index contributed by atoms with van der Waals surface area (Å²) in [6, 6.07) is 3.72. The van der Waals surface area contributed by atoms with Gasteiger partial charge in [-0.05, 0) is 32.0 Å². The lowest BCUT2D eigenvalue weighted by atomic mass is 9.97. The van der Waals surface area contributed by atoms with E-state index < -0.39 is 0 Å². The van der Waals surface area contributed by atoms with Crippen LogP contribution in [0.1, 0.15) is 24.6 Å². The van der Waals surface area contributed by atoms with Gasteiger partial charge < -0.3 is 5.32 Å². The number of rotatable bonds is 1. The quantitative estimate of drug-likeness (QED) is 0.822. The van der Waals surface area contributed by atoms with Gasteiger partial charge in [-0.2, -0.15) is 0 Å². The van der Waals surface area contributed by atoms with Crippen LogP contribution in [-0.4, -0.2) is 27.7 Å². The SMILES string of the molecule is Clc1ccn2c(C3CCNCC3)nnc2c1. The molecule has 1 aliphatic heterocycles. The van der Waals surface area contributed by atoms with E-state index in [2.05, 4.69) is 15.5 Å². The molecule has 0 spiro atoms. The Bertz CT molecular complexity index is 502. The molecule has 1 aliphatic rings. The second-order valence-corrected chi connectivity index (χ2v) is 4.59. The van der Waals surface area contributed by atoms with Crippen LogP contribution in [-0.2, 0) is 0 Å². The zero-order chi connectivity index (χ0) is 11.0. The zero-order valence-electron chi connectivity index (χ0n) is 8.86. The highest BCUT2D eigenvalue weighted by atomic mass is 35.5. The van der Waals surface area contributed by atoms with Crippen LogP contribution in [0.4, 0.5) is 0 Å². The normalized spacial score (nSPS) is 18.1. The van der Waals surface area contributed by atoms with Crippen molar-refractivity contribution in [3.63, 3.8) is 0 Å². The van der Waals surface area contributed by atoms with Crippen molar-refractivity contribution in [3.05, 3.63) is 29.2 Å². The fourth-order valence-corrected chi connectivity index (χ4v) is 2.40. The number of pyridine rings is 1. The summed E-state index contributed by atoms with van der Waals surface area (Å²) in [4.78, 5) is 0. The minimum absolute atomic E-state index is 0.512. The Balaban J connectivity index is 2.03. The molecule has 2 aromatic heterocycles. The Hall–Kier alpha value is -1.13. The molecule has 4 nitrogen and oxygen atoms in total. The Morgan fingerprint density at radius 2 is 2.12 bits per heavy atom. The van der Waals surface area contributed by atoms with Crippen molar-refractivity contribution in [3.8, 4) is 0 Å². The van der Waals surface area contributed by atoms with Gasteiger partial charge in [0.15, 0.2) is 5.65 Å². The number of aromatic nitrogens is 3. The number of piperidine rings is 1. The van der Waals surface area contributed by atoms with Crippen molar-refractivity contribution in [2.24, 2.45) is 0 Å². The van der Waals surface area contributed by atoms with E-state index in [-0.39, 0.29) is 0 Å². The van der Waals surface area contributed by atoms with E-state index in [4.69, 9.17) is 11.6 Å². The first kappa shape index (κ1) is 10.1. The molecule has 0 atom stereocenters. The van der Waals surface area contributed by atoms with Gasteiger partial charge in [0, 0.05) is 23.2 Å². The average Bonchev–Trinajstić information content (AvgIpc) is 2.73. The smallest absolute Gasteiger partial charge is 0.162 e. The van der Waals surface area contributed by atoms with Crippen LogP contribution in [0.5, 0.6) is 0 Å². The van der Waals surface area contributed by atoms with E-state index in [0.717, 1.165) is 37.4 Å². The van der Waals surface area contributed by atoms with Gasteiger partial charge in [-0.1, -0.05) is 11.6 Å². The molecule has 2 aromatic rings. The van der Waals surface area contributed by atoms with Crippen LogP contribution in [0.2, 0.25) is 5.02 Å². The Morgan fingerprint density at radius 3 is 2.94 bits per heavy atom. The molecular formula is C11H13ClN4. The predicted molar refractivity (Wildman–Crippen MR) is 62.8 cm³/mol. The van der Waals surface area contributed by atoms with Gasteiger partial charge >= 0.3 is 0 Å². The van der Waals surface area contributed by atoms with Crippen LogP contribution in [0.15, 0.2) is 18.3 Å². The number of nitrogens with zero attached hydrogens (tertiary/aromatic N) is 3. The lowest BCUT2D eigenvalue weighted by Gasteiger charge is -2.20. The van der Waals surface area contributed by atoms with Gasteiger partial charge in [-0.15, -0.1) is 10.2 Å². The first-order valence-electron chi connectivity index (χ1n) is 5.55. The second-order valence-electron chi connectivity index (χ2n) is 4.16. The van der Waals surface area contributed by atoms with Gasteiger partial charge in [0.25, 0.3) is 0 Å². The predicted octanol–water partition coefficient (Wildman–Crippen LogP) is 1.85. The minimum atomic E-state index is 0.512. The number of hydrogen-bond donors (Lipinski definition) is 1. The molecule has 0 radical (unpaired) electrons. The summed E-state index contributed by atoms with van der Waals surface area (Å²) >= 11 is 5.92. The lowest BCUT2D eigenvalue weighted by molar-refractivity contribution is 0.442. The highest BCUT2D eigenvalue weighted by molar-refractivity contribution is 6.30. The van der Waals surface area contributed by atoms with Crippen molar-refractivity contribution >= 4 is 17.2 Å². The van der Waals surface area contributed by atoms with Crippen LogP contribution in [0.25, 0.3) is 5.65 Å². The highest BCUT2D eigenvalue weighted by Gasteiger charge is 2.20. The molecule has 3 heterocycles. The van der Waals surface area contributed by atoms with Crippen LogP contribution in [0.3, 0.4) is 0 Å². The van der Waals surface area contributed by atoms with Crippen LogP contribution in [0, 0.1) is 0 Å². The molecule has 0 aliphatic carbocycles. The maximum atomic E-state index is 5.92. The summed E-state index contributed by atoms with van der Waals surface area (Å²) in [6.07, 6.45) is 4.21. The largest absolute Gasteiger partial charge is 0.317 e. The summed E-state index contributed by atoms with van der Waals surface area (Å²) in [5.74, 6) is 1.57. The monoisotopic (exact) mass is 236 g/mol. The zero-order valence-corrected chi connectivity index (χ0v) is 9.61. The standard InChI is InChI=1S/C11H13ClN4/c12-9-3-6-16-10(7-9)14-15-11(16)8-1-4-13-5-2-8/h3,6-8,13H,1-2,4-5H2. The molecule has 1 saturated heterocycles. The molecule has 0 saturated carbocycles. The van der Waals surface area contributed by atoms with Crippen molar-refractivity contribution in [1.82, 2.24) is 19.9 Å². The maximum Gasteiger partial charge on any atom is 0.162 e. The van der Waals surface area contributed by atoms with Gasteiger partial charge in [-0.25, -0.2) is 0 Å². The van der Waals surface area contributed by atoms with E-state index in [1.165, 1.54) is 0 Å². The van der Waals surface area contributed by atoms with E-state index >= 15 is 0 Å². The summed E-state index contributed by atoms with van der Waals surface area (Å²) in [7, 11) is 0. The minimum Gasteiger partial charge on any atom is -0.317 e. The fraction of sp³-hybridized carbons (Fsp3) is 0.455. The van der Waals surface area contributed by atoms with E-state index in [1.807, 2.05) is 22.7 Å². The van der Waals surface area contributed by atoms with Gasteiger partial charge in [-0.3, -0.25) is 4.40 Å². The summed E-state index contributed by atoms with van der Waals surface area (Å²) in [6.45, 7) is 2.13. The van der Waals surface area contributed by atoms with Crippen molar-refractivity contribution < 1.29 is 0 Å². The van der Waals surface area contributed by atoms with Gasteiger partial charge in [0.1, 0.15) is 5.82 Å². The van der Waals surface area contributed by atoms with E-state index in [1.54, 1.807) is 0 Å². The molecule has 0 amide bonds.